The highest BCUT2D eigenvalue weighted by atomic mass is 16.5. The van der Waals surface area contributed by atoms with Crippen LogP contribution in [0.2, 0.25) is 0 Å². The highest BCUT2D eigenvalue weighted by molar-refractivity contribution is 6.01. The Morgan fingerprint density at radius 1 is 1.24 bits per heavy atom. The number of methoxy groups -OCH3 is 1. The Morgan fingerprint density at radius 2 is 2.00 bits per heavy atom. The molecule has 29 heavy (non-hydrogen) atoms. The summed E-state index contributed by atoms with van der Waals surface area (Å²) in [5, 5.41) is 11.6. The summed E-state index contributed by atoms with van der Waals surface area (Å²) >= 11 is 0. The van der Waals surface area contributed by atoms with Crippen molar-refractivity contribution in [3.05, 3.63) is 47.8 Å². The van der Waals surface area contributed by atoms with Crippen molar-refractivity contribution in [2.45, 2.75) is 50.0 Å². The molecule has 1 aromatic carbocycles. The van der Waals surface area contributed by atoms with Crippen molar-refractivity contribution >= 4 is 22.7 Å². The van der Waals surface area contributed by atoms with Gasteiger partial charge in [0.2, 0.25) is 5.91 Å². The van der Waals surface area contributed by atoms with Crippen LogP contribution in [0.15, 0.2) is 36.5 Å². The number of hydrogen-bond donors (Lipinski definition) is 2. The minimum atomic E-state index is -1.63. The monoisotopic (exact) mass is 395 g/mol. The van der Waals surface area contributed by atoms with Gasteiger partial charge in [0.25, 0.3) is 11.6 Å². The fourth-order valence-electron chi connectivity index (χ4n) is 5.15. The van der Waals surface area contributed by atoms with Gasteiger partial charge in [-0.3, -0.25) is 9.59 Å². The third kappa shape index (κ3) is 2.25. The van der Waals surface area contributed by atoms with E-state index in [0.29, 0.717) is 19.4 Å². The molecule has 3 atom stereocenters. The topological polar surface area (TPSA) is 85.9 Å². The first-order chi connectivity index (χ1) is 13.8. The second-order valence-corrected chi connectivity index (χ2v) is 8.69. The molecule has 1 aromatic heterocycles. The Kier molecular flexibility index (Phi) is 3.76. The number of carbonyl (C=O) groups excluding carboxylic acids is 2. The first kappa shape index (κ1) is 18.4. The second-order valence-electron chi connectivity index (χ2n) is 8.69. The Bertz CT molecular complexity index is 1060. The average Bonchev–Trinajstić information content (AvgIpc) is 3.24. The summed E-state index contributed by atoms with van der Waals surface area (Å²) in [4.78, 5) is 33.4. The molecule has 7 heteroatoms. The van der Waals surface area contributed by atoms with Gasteiger partial charge in [0.1, 0.15) is 12.1 Å². The number of aliphatic hydroxyl groups is 1. The molecule has 0 spiro atoms. The molecule has 2 N–H and O–H groups in total. The van der Waals surface area contributed by atoms with E-state index < -0.39 is 17.9 Å². The van der Waals surface area contributed by atoms with Gasteiger partial charge in [-0.15, -0.1) is 0 Å². The molecule has 2 amide bonds. The summed E-state index contributed by atoms with van der Waals surface area (Å²) in [7, 11) is 1.38. The van der Waals surface area contributed by atoms with Crippen LogP contribution in [-0.2, 0) is 26.2 Å². The minimum Gasteiger partial charge on any atom is -0.387 e. The molecular formula is C22H25N3O4. The molecule has 0 bridgehead atoms. The summed E-state index contributed by atoms with van der Waals surface area (Å²) in [5.41, 5.74) is 1.12. The highest BCUT2D eigenvalue weighted by Crippen LogP contribution is 2.42. The van der Waals surface area contributed by atoms with Gasteiger partial charge in [-0.2, -0.15) is 0 Å². The molecule has 152 valence electrons. The molecule has 0 saturated carbocycles. The molecule has 5 rings (SSSR count). The van der Waals surface area contributed by atoms with Crippen LogP contribution in [0.4, 0.5) is 0 Å². The van der Waals surface area contributed by atoms with Crippen LogP contribution in [0.25, 0.3) is 10.9 Å². The maximum atomic E-state index is 13.5. The molecule has 7 nitrogen and oxygen atoms in total. The number of rotatable bonds is 1. The number of carbonyl (C=O) groups is 2. The summed E-state index contributed by atoms with van der Waals surface area (Å²) in [6.07, 6.45) is 3.32. The Balaban J connectivity index is 1.69. The molecule has 3 unspecified atom stereocenters. The van der Waals surface area contributed by atoms with Crippen molar-refractivity contribution in [1.29, 1.82) is 0 Å². The van der Waals surface area contributed by atoms with Gasteiger partial charge < -0.3 is 24.6 Å². The number of aromatic nitrogens is 1. The lowest BCUT2D eigenvalue weighted by atomic mass is 9.82. The maximum absolute atomic E-state index is 13.5. The van der Waals surface area contributed by atoms with Crippen LogP contribution in [-0.4, -0.2) is 63.2 Å². The van der Waals surface area contributed by atoms with E-state index in [9.17, 15) is 14.7 Å². The van der Waals surface area contributed by atoms with E-state index in [0.717, 1.165) is 22.2 Å². The lowest BCUT2D eigenvalue weighted by Gasteiger charge is -2.48. The van der Waals surface area contributed by atoms with Gasteiger partial charge in [-0.25, -0.2) is 0 Å². The fraction of sp³-hybridized carbons (Fsp3) is 0.455. The normalized spacial score (nSPS) is 30.8. The van der Waals surface area contributed by atoms with Crippen LogP contribution in [0.5, 0.6) is 0 Å². The van der Waals surface area contributed by atoms with E-state index in [1.54, 1.807) is 6.20 Å². The Labute approximate surface area is 168 Å². The summed E-state index contributed by atoms with van der Waals surface area (Å²) in [5.74, 6) is -0.575. The SMILES string of the molecule is COC12C(=O)N3C=CC(C)(C)c4[nH]c5ccccc5c4CC3C(=O)N1CCC2O. The number of fused-ring (bicyclic) bond motifs is 5. The van der Waals surface area contributed by atoms with E-state index in [-0.39, 0.29) is 17.2 Å². The smallest absolute Gasteiger partial charge is 0.283 e. The van der Waals surface area contributed by atoms with Crippen molar-refractivity contribution in [2.75, 3.05) is 13.7 Å². The number of amides is 2. The summed E-state index contributed by atoms with van der Waals surface area (Å²) < 4.78 is 5.52. The van der Waals surface area contributed by atoms with Crippen LogP contribution >= 0.6 is 0 Å². The fourth-order valence-corrected chi connectivity index (χ4v) is 5.15. The van der Waals surface area contributed by atoms with Gasteiger partial charge in [-0.05, 0) is 18.1 Å². The van der Waals surface area contributed by atoms with Crippen molar-refractivity contribution in [1.82, 2.24) is 14.8 Å². The summed E-state index contributed by atoms with van der Waals surface area (Å²) in [6, 6.07) is 7.37. The van der Waals surface area contributed by atoms with E-state index >= 15 is 0 Å². The number of hydrogen-bond acceptors (Lipinski definition) is 4. The standard InChI is InChI=1S/C22H25N3O4/c1-21(2)9-11-24-16(12-14-13-6-4-5-7-15(13)23-18(14)21)19(27)25-10-8-17(26)22(25,29-3)20(24)28/h4-7,9,11,16-17,23,26H,8,10,12H2,1-3H3. The van der Waals surface area contributed by atoms with Gasteiger partial charge in [-0.1, -0.05) is 38.1 Å². The third-order valence-corrected chi connectivity index (χ3v) is 6.73. The largest absolute Gasteiger partial charge is 0.387 e. The van der Waals surface area contributed by atoms with Crippen molar-refractivity contribution < 1.29 is 19.4 Å². The number of benzene rings is 1. The third-order valence-electron chi connectivity index (χ3n) is 6.73. The predicted octanol–water partition coefficient (Wildman–Crippen LogP) is 1.66. The van der Waals surface area contributed by atoms with E-state index in [2.05, 4.69) is 18.8 Å². The van der Waals surface area contributed by atoms with Gasteiger partial charge in [0.15, 0.2) is 0 Å². The lowest BCUT2D eigenvalue weighted by molar-refractivity contribution is -0.210. The number of piperazine rings is 1. The number of ether oxygens (including phenoxy) is 1. The summed E-state index contributed by atoms with van der Waals surface area (Å²) in [6.45, 7) is 4.47. The minimum absolute atomic E-state index is 0.191. The maximum Gasteiger partial charge on any atom is 0.283 e. The molecular weight excluding hydrogens is 370 g/mol. The van der Waals surface area contributed by atoms with Crippen molar-refractivity contribution in [3.8, 4) is 0 Å². The van der Waals surface area contributed by atoms with Crippen LogP contribution < -0.4 is 0 Å². The predicted molar refractivity (Wildman–Crippen MR) is 107 cm³/mol. The number of aliphatic hydroxyl groups excluding tert-OH is 1. The van der Waals surface area contributed by atoms with E-state index in [4.69, 9.17) is 4.74 Å². The Morgan fingerprint density at radius 3 is 2.76 bits per heavy atom. The van der Waals surface area contributed by atoms with Crippen LogP contribution in [0.3, 0.4) is 0 Å². The number of nitrogens with zero attached hydrogens (tertiary/aromatic N) is 2. The van der Waals surface area contributed by atoms with Gasteiger partial charge >= 0.3 is 0 Å². The molecule has 2 saturated heterocycles. The molecule has 4 heterocycles. The van der Waals surface area contributed by atoms with Gasteiger partial charge in [0.05, 0.1) is 0 Å². The van der Waals surface area contributed by atoms with E-state index in [1.165, 1.54) is 16.9 Å². The highest BCUT2D eigenvalue weighted by Gasteiger charge is 2.63. The zero-order valence-corrected chi connectivity index (χ0v) is 16.8. The van der Waals surface area contributed by atoms with Crippen LogP contribution in [0.1, 0.15) is 31.5 Å². The quantitative estimate of drug-likeness (QED) is 0.769. The second kappa shape index (κ2) is 5.93. The number of nitrogens with one attached hydrogen (secondary N) is 1. The average molecular weight is 395 g/mol. The first-order valence-corrected chi connectivity index (χ1v) is 9.98. The number of H-pyrrole nitrogens is 1. The molecule has 2 aromatic rings. The van der Waals surface area contributed by atoms with Crippen molar-refractivity contribution in [3.63, 3.8) is 0 Å². The lowest BCUT2D eigenvalue weighted by Crippen LogP contribution is -2.72. The zero-order chi connectivity index (χ0) is 20.6. The van der Waals surface area contributed by atoms with Crippen molar-refractivity contribution in [2.24, 2.45) is 0 Å². The molecule has 0 aliphatic carbocycles. The molecule has 2 fully saturated rings. The number of para-hydroxylation sites is 1. The first-order valence-electron chi connectivity index (χ1n) is 9.98. The van der Waals surface area contributed by atoms with E-state index in [1.807, 2.05) is 30.3 Å². The molecule has 3 aliphatic heterocycles. The molecule has 0 radical (unpaired) electrons. The van der Waals surface area contributed by atoms with Gasteiger partial charge in [0, 0.05) is 48.3 Å². The molecule has 3 aliphatic rings. The number of aromatic amines is 1. The van der Waals surface area contributed by atoms with Crippen LogP contribution in [0, 0.1) is 0 Å². The Hall–Kier alpha value is -2.64. The number of allylic oxidation sites excluding steroid dienone is 1. The zero-order valence-electron chi connectivity index (χ0n) is 16.8.